The Kier molecular flexibility index (Phi) is 3.63. The number of nitro groups is 1. The maximum Gasteiger partial charge on any atom is 0.306 e. The highest BCUT2D eigenvalue weighted by Crippen LogP contribution is 2.51. The molecule has 108 valence electrons. The van der Waals surface area contributed by atoms with Crippen LogP contribution in [0.4, 0.5) is 11.4 Å². The zero-order valence-electron chi connectivity index (χ0n) is 11.5. The van der Waals surface area contributed by atoms with Crippen LogP contribution in [0.5, 0.6) is 0 Å². The molecule has 1 amide bonds. The molecule has 0 aromatic heterocycles. The number of benzene rings is 1. The Bertz CT molecular complexity index is 557. The molecule has 20 heavy (non-hydrogen) atoms. The summed E-state index contributed by atoms with van der Waals surface area (Å²) in [7, 11) is 0. The largest absolute Gasteiger partial charge is 0.352 e. The molecular weight excluding hydrogens is 260 g/mol. The van der Waals surface area contributed by atoms with E-state index in [1.165, 1.54) is 12.1 Å². The number of hydrogen-bond donors (Lipinski definition) is 3. The number of nitro benzene ring substituents is 1. The van der Waals surface area contributed by atoms with E-state index in [-0.39, 0.29) is 22.4 Å². The van der Waals surface area contributed by atoms with Gasteiger partial charge in [0.15, 0.2) is 0 Å². The minimum atomic E-state index is -0.606. The van der Waals surface area contributed by atoms with E-state index in [9.17, 15) is 14.9 Å². The zero-order valence-corrected chi connectivity index (χ0v) is 11.5. The molecule has 1 saturated carbocycles. The average Bonchev–Trinajstić information content (AvgIpc) is 3.02. The molecule has 4 N–H and O–H groups in total. The molecule has 1 aliphatic carbocycles. The molecule has 1 aromatic rings. The van der Waals surface area contributed by atoms with E-state index in [1.54, 1.807) is 6.07 Å². The standard InChI is InChI=1S/C13H18N4O3/c1-13(2)6-8(13)7-15-12(18)9-4-3-5-10(16-14)11(9)17(19)20/h3-5,8,16H,6-7,14H2,1-2H3,(H,15,18). The molecule has 1 aliphatic rings. The first-order valence-corrected chi connectivity index (χ1v) is 6.39. The Labute approximate surface area is 116 Å². The number of para-hydroxylation sites is 1. The first-order valence-electron chi connectivity index (χ1n) is 6.39. The third-order valence-corrected chi connectivity index (χ3v) is 3.85. The van der Waals surface area contributed by atoms with Crippen LogP contribution in [0, 0.1) is 21.4 Å². The van der Waals surface area contributed by atoms with E-state index < -0.39 is 10.8 Å². The summed E-state index contributed by atoms with van der Waals surface area (Å²) >= 11 is 0. The maximum absolute atomic E-state index is 12.1. The van der Waals surface area contributed by atoms with Gasteiger partial charge in [-0.05, 0) is 29.9 Å². The Morgan fingerprint density at radius 2 is 2.20 bits per heavy atom. The van der Waals surface area contributed by atoms with Crippen LogP contribution < -0.4 is 16.6 Å². The summed E-state index contributed by atoms with van der Waals surface area (Å²) in [5.74, 6) is 5.22. The van der Waals surface area contributed by atoms with Gasteiger partial charge >= 0.3 is 5.69 Å². The second-order valence-corrected chi connectivity index (χ2v) is 5.70. The van der Waals surface area contributed by atoms with Crippen LogP contribution in [0.1, 0.15) is 30.6 Å². The van der Waals surface area contributed by atoms with Crippen molar-refractivity contribution in [2.24, 2.45) is 17.2 Å². The predicted octanol–water partition coefficient (Wildman–Crippen LogP) is 1.66. The van der Waals surface area contributed by atoms with Crippen LogP contribution in [0.3, 0.4) is 0 Å². The van der Waals surface area contributed by atoms with Crippen molar-refractivity contribution in [1.29, 1.82) is 0 Å². The fraction of sp³-hybridized carbons (Fsp3) is 0.462. The fourth-order valence-corrected chi connectivity index (χ4v) is 2.28. The third kappa shape index (κ3) is 2.72. The maximum atomic E-state index is 12.1. The Balaban J connectivity index is 2.15. The van der Waals surface area contributed by atoms with E-state index in [1.807, 2.05) is 0 Å². The molecule has 0 bridgehead atoms. The van der Waals surface area contributed by atoms with Gasteiger partial charge in [-0.15, -0.1) is 0 Å². The highest BCUT2D eigenvalue weighted by molar-refractivity contribution is 6.00. The molecule has 1 aromatic carbocycles. The number of nitrogens with two attached hydrogens (primary N) is 1. The summed E-state index contributed by atoms with van der Waals surface area (Å²) < 4.78 is 0. The molecule has 7 heteroatoms. The van der Waals surface area contributed by atoms with Crippen LogP contribution in [0.25, 0.3) is 0 Å². The van der Waals surface area contributed by atoms with Crippen LogP contribution in [0.2, 0.25) is 0 Å². The van der Waals surface area contributed by atoms with Crippen LogP contribution >= 0.6 is 0 Å². The lowest BCUT2D eigenvalue weighted by atomic mass is 10.1. The van der Waals surface area contributed by atoms with Crippen molar-refractivity contribution in [3.8, 4) is 0 Å². The lowest BCUT2D eigenvalue weighted by molar-refractivity contribution is -0.384. The van der Waals surface area contributed by atoms with Crippen molar-refractivity contribution < 1.29 is 9.72 Å². The topological polar surface area (TPSA) is 110 Å². The van der Waals surface area contributed by atoms with E-state index in [2.05, 4.69) is 24.6 Å². The summed E-state index contributed by atoms with van der Waals surface area (Å²) in [6, 6.07) is 4.43. The highest BCUT2D eigenvalue weighted by atomic mass is 16.6. The number of hydrazine groups is 1. The number of carbonyl (C=O) groups is 1. The van der Waals surface area contributed by atoms with Gasteiger partial charge in [-0.3, -0.25) is 20.8 Å². The normalized spacial score (nSPS) is 19.2. The number of rotatable bonds is 5. The fourth-order valence-electron chi connectivity index (χ4n) is 2.28. The van der Waals surface area contributed by atoms with Gasteiger partial charge in [-0.1, -0.05) is 19.9 Å². The van der Waals surface area contributed by atoms with Gasteiger partial charge in [-0.2, -0.15) is 0 Å². The van der Waals surface area contributed by atoms with Crippen molar-refractivity contribution in [3.05, 3.63) is 33.9 Å². The highest BCUT2D eigenvalue weighted by Gasteiger charge is 2.45. The summed E-state index contributed by atoms with van der Waals surface area (Å²) in [6.45, 7) is 4.79. The van der Waals surface area contributed by atoms with Gasteiger partial charge < -0.3 is 10.7 Å². The van der Waals surface area contributed by atoms with E-state index >= 15 is 0 Å². The molecule has 1 atom stereocenters. The number of nitrogens with one attached hydrogen (secondary N) is 2. The molecule has 1 fully saturated rings. The molecule has 0 aliphatic heterocycles. The number of amides is 1. The van der Waals surface area contributed by atoms with Crippen LogP contribution in [-0.2, 0) is 0 Å². The summed E-state index contributed by atoms with van der Waals surface area (Å²) in [4.78, 5) is 22.6. The van der Waals surface area contributed by atoms with E-state index in [0.717, 1.165) is 6.42 Å². The summed E-state index contributed by atoms with van der Waals surface area (Å²) in [6.07, 6.45) is 1.06. The van der Waals surface area contributed by atoms with Gasteiger partial charge in [0.25, 0.3) is 5.91 Å². The van der Waals surface area contributed by atoms with E-state index in [4.69, 9.17) is 5.84 Å². The van der Waals surface area contributed by atoms with E-state index in [0.29, 0.717) is 12.5 Å². The second kappa shape index (κ2) is 5.09. The minimum Gasteiger partial charge on any atom is -0.352 e. The van der Waals surface area contributed by atoms with Gasteiger partial charge in [-0.25, -0.2) is 0 Å². The molecule has 0 saturated heterocycles. The number of nitrogen functional groups attached to an aromatic ring is 1. The van der Waals surface area contributed by atoms with Crippen molar-refractivity contribution in [1.82, 2.24) is 5.32 Å². The predicted molar refractivity (Wildman–Crippen MR) is 75.1 cm³/mol. The van der Waals surface area contributed by atoms with Gasteiger partial charge in [0, 0.05) is 6.54 Å². The number of anilines is 1. The third-order valence-electron chi connectivity index (χ3n) is 3.85. The minimum absolute atomic E-state index is 0.0175. The lowest BCUT2D eigenvalue weighted by Crippen LogP contribution is -2.27. The molecule has 2 rings (SSSR count). The SMILES string of the molecule is CC1(C)CC1CNC(=O)c1cccc(NN)c1[N+](=O)[O-]. The quantitative estimate of drug-likeness (QED) is 0.431. The molecule has 0 radical (unpaired) electrons. The van der Waals surface area contributed by atoms with Crippen LogP contribution in [0.15, 0.2) is 18.2 Å². The van der Waals surface area contributed by atoms with Gasteiger partial charge in [0.05, 0.1) is 4.92 Å². The Morgan fingerprint density at radius 3 is 2.70 bits per heavy atom. The van der Waals surface area contributed by atoms with Crippen molar-refractivity contribution >= 4 is 17.3 Å². The molecule has 0 spiro atoms. The number of nitrogens with zero attached hydrogens (tertiary/aromatic N) is 1. The first-order chi connectivity index (χ1) is 9.36. The van der Waals surface area contributed by atoms with Gasteiger partial charge in [0.1, 0.15) is 11.3 Å². The zero-order chi connectivity index (χ0) is 14.9. The molecule has 1 unspecified atom stereocenters. The Hall–Kier alpha value is -2.15. The summed E-state index contributed by atoms with van der Waals surface area (Å²) in [5, 5.41) is 13.8. The van der Waals surface area contributed by atoms with Crippen molar-refractivity contribution in [2.75, 3.05) is 12.0 Å². The summed E-state index contributed by atoms with van der Waals surface area (Å²) in [5.41, 5.74) is 2.32. The monoisotopic (exact) mass is 278 g/mol. The lowest BCUT2D eigenvalue weighted by Gasteiger charge is -2.09. The number of carbonyl (C=O) groups excluding carboxylic acids is 1. The van der Waals surface area contributed by atoms with Crippen LogP contribution in [-0.4, -0.2) is 17.4 Å². The second-order valence-electron chi connectivity index (χ2n) is 5.70. The molecule has 7 nitrogen and oxygen atoms in total. The molecule has 0 heterocycles. The smallest absolute Gasteiger partial charge is 0.306 e. The Morgan fingerprint density at radius 1 is 1.55 bits per heavy atom. The first kappa shape index (κ1) is 14.3. The number of hydrogen-bond acceptors (Lipinski definition) is 5. The van der Waals surface area contributed by atoms with Crippen molar-refractivity contribution in [2.45, 2.75) is 20.3 Å². The average molecular weight is 278 g/mol. The molecular formula is C13H18N4O3. The van der Waals surface area contributed by atoms with Gasteiger partial charge in [0.2, 0.25) is 0 Å². The van der Waals surface area contributed by atoms with Crippen molar-refractivity contribution in [3.63, 3.8) is 0 Å².